The molecule has 1 aliphatic heterocycles. The number of carbonyl (C=O) groups excluding carboxylic acids is 1. The first kappa shape index (κ1) is 13.3. The molecule has 2 N–H and O–H groups in total. The fourth-order valence-electron chi connectivity index (χ4n) is 1.92. The Kier molecular flexibility index (Phi) is 4.56. The molecule has 16 heavy (non-hydrogen) atoms. The van der Waals surface area contributed by atoms with E-state index in [1.54, 1.807) is 0 Å². The van der Waals surface area contributed by atoms with Crippen molar-refractivity contribution >= 4 is 6.03 Å². The number of hydrogen-bond acceptors (Lipinski definition) is 3. The normalized spacial score (nSPS) is 18.6. The molecule has 94 valence electrons. The SMILES string of the molecule is CCNC(=O)N1CCN(CC(C)(C)O)CC1. The summed E-state index contributed by atoms with van der Waals surface area (Å²) in [5.74, 6) is 0. The molecule has 0 spiro atoms. The summed E-state index contributed by atoms with van der Waals surface area (Å²) >= 11 is 0. The standard InChI is InChI=1S/C11H23N3O2/c1-4-12-10(15)14-7-5-13(6-8-14)9-11(2,3)16/h16H,4-9H2,1-3H3,(H,12,15). The van der Waals surface area contributed by atoms with Crippen LogP contribution in [0.15, 0.2) is 0 Å². The number of amides is 2. The summed E-state index contributed by atoms with van der Waals surface area (Å²) in [5, 5.41) is 12.5. The summed E-state index contributed by atoms with van der Waals surface area (Å²) < 4.78 is 0. The minimum atomic E-state index is -0.659. The zero-order valence-electron chi connectivity index (χ0n) is 10.5. The Balaban J connectivity index is 2.31. The van der Waals surface area contributed by atoms with E-state index in [2.05, 4.69) is 10.2 Å². The molecule has 0 radical (unpaired) electrons. The van der Waals surface area contributed by atoms with E-state index in [-0.39, 0.29) is 6.03 Å². The van der Waals surface area contributed by atoms with E-state index in [9.17, 15) is 9.90 Å². The summed E-state index contributed by atoms with van der Waals surface area (Å²) in [4.78, 5) is 15.6. The minimum absolute atomic E-state index is 0.0189. The summed E-state index contributed by atoms with van der Waals surface area (Å²) in [5.41, 5.74) is -0.659. The fourth-order valence-corrected chi connectivity index (χ4v) is 1.92. The lowest BCUT2D eigenvalue weighted by atomic mass is 10.1. The molecule has 0 aliphatic carbocycles. The Labute approximate surface area is 97.4 Å². The third-order valence-corrected chi connectivity index (χ3v) is 2.60. The van der Waals surface area contributed by atoms with Gasteiger partial charge in [0.05, 0.1) is 5.60 Å². The van der Waals surface area contributed by atoms with Gasteiger partial charge in [0.25, 0.3) is 0 Å². The van der Waals surface area contributed by atoms with Crippen LogP contribution in [0.3, 0.4) is 0 Å². The van der Waals surface area contributed by atoms with E-state index < -0.39 is 5.60 Å². The second-order valence-corrected chi connectivity index (χ2v) is 4.91. The predicted octanol–water partition coefficient (Wildman–Crippen LogP) is 0.104. The van der Waals surface area contributed by atoms with Crippen molar-refractivity contribution in [3.63, 3.8) is 0 Å². The quantitative estimate of drug-likeness (QED) is 0.722. The van der Waals surface area contributed by atoms with Gasteiger partial charge in [0.1, 0.15) is 0 Å². The van der Waals surface area contributed by atoms with Crippen molar-refractivity contribution in [2.45, 2.75) is 26.4 Å². The summed E-state index contributed by atoms with van der Waals surface area (Å²) in [6.07, 6.45) is 0. The molecule has 0 bridgehead atoms. The van der Waals surface area contributed by atoms with Crippen LogP contribution < -0.4 is 5.32 Å². The first-order chi connectivity index (χ1) is 7.42. The zero-order chi connectivity index (χ0) is 12.2. The Bertz CT molecular complexity index is 230. The van der Waals surface area contributed by atoms with Crippen LogP contribution in [0.4, 0.5) is 4.79 Å². The Morgan fingerprint density at radius 3 is 2.31 bits per heavy atom. The molecule has 2 amide bonds. The van der Waals surface area contributed by atoms with E-state index in [0.29, 0.717) is 13.1 Å². The predicted molar refractivity (Wildman–Crippen MR) is 63.4 cm³/mol. The van der Waals surface area contributed by atoms with Gasteiger partial charge in [-0.25, -0.2) is 4.79 Å². The van der Waals surface area contributed by atoms with E-state index in [1.807, 2.05) is 25.7 Å². The highest BCUT2D eigenvalue weighted by molar-refractivity contribution is 5.74. The molecule has 5 heteroatoms. The van der Waals surface area contributed by atoms with Crippen LogP contribution in [0.25, 0.3) is 0 Å². The molecular formula is C11H23N3O2. The number of rotatable bonds is 3. The second-order valence-electron chi connectivity index (χ2n) is 4.91. The molecule has 1 aliphatic rings. The lowest BCUT2D eigenvalue weighted by Crippen LogP contribution is -2.54. The molecule has 0 saturated carbocycles. The second kappa shape index (κ2) is 5.50. The lowest BCUT2D eigenvalue weighted by Gasteiger charge is -2.37. The largest absolute Gasteiger partial charge is 0.389 e. The van der Waals surface area contributed by atoms with Crippen molar-refractivity contribution in [3.05, 3.63) is 0 Å². The van der Waals surface area contributed by atoms with Crippen LogP contribution in [0.2, 0.25) is 0 Å². The minimum Gasteiger partial charge on any atom is -0.389 e. The fraction of sp³-hybridized carbons (Fsp3) is 0.909. The maximum atomic E-state index is 11.5. The smallest absolute Gasteiger partial charge is 0.317 e. The highest BCUT2D eigenvalue weighted by Crippen LogP contribution is 2.08. The van der Waals surface area contributed by atoms with Crippen molar-refractivity contribution < 1.29 is 9.90 Å². The maximum Gasteiger partial charge on any atom is 0.317 e. The molecular weight excluding hydrogens is 206 g/mol. The topological polar surface area (TPSA) is 55.8 Å². The number of urea groups is 1. The van der Waals surface area contributed by atoms with Gasteiger partial charge < -0.3 is 15.3 Å². The third kappa shape index (κ3) is 4.37. The van der Waals surface area contributed by atoms with Gasteiger partial charge in [0, 0.05) is 39.3 Å². The molecule has 0 unspecified atom stereocenters. The van der Waals surface area contributed by atoms with Gasteiger partial charge >= 0.3 is 6.03 Å². The van der Waals surface area contributed by atoms with Crippen molar-refractivity contribution in [3.8, 4) is 0 Å². The van der Waals surface area contributed by atoms with Gasteiger partial charge in [-0.15, -0.1) is 0 Å². The van der Waals surface area contributed by atoms with E-state index in [1.165, 1.54) is 0 Å². The molecule has 1 saturated heterocycles. The van der Waals surface area contributed by atoms with E-state index >= 15 is 0 Å². The molecule has 0 aromatic heterocycles. The molecule has 5 nitrogen and oxygen atoms in total. The third-order valence-electron chi connectivity index (χ3n) is 2.60. The molecule has 0 aromatic rings. The number of piperazine rings is 1. The Morgan fingerprint density at radius 2 is 1.88 bits per heavy atom. The van der Waals surface area contributed by atoms with Gasteiger partial charge in [-0.1, -0.05) is 0 Å². The highest BCUT2D eigenvalue weighted by atomic mass is 16.3. The van der Waals surface area contributed by atoms with Crippen LogP contribution in [0.5, 0.6) is 0 Å². The van der Waals surface area contributed by atoms with Crippen molar-refractivity contribution in [1.82, 2.24) is 15.1 Å². The number of aliphatic hydroxyl groups is 1. The maximum absolute atomic E-state index is 11.5. The van der Waals surface area contributed by atoms with Crippen molar-refractivity contribution in [2.75, 3.05) is 39.3 Å². The monoisotopic (exact) mass is 229 g/mol. The van der Waals surface area contributed by atoms with Crippen LogP contribution in [0, 0.1) is 0 Å². The molecule has 0 atom stereocenters. The molecule has 1 rings (SSSR count). The van der Waals surface area contributed by atoms with Crippen molar-refractivity contribution in [1.29, 1.82) is 0 Å². The van der Waals surface area contributed by atoms with Gasteiger partial charge in [-0.2, -0.15) is 0 Å². The summed E-state index contributed by atoms with van der Waals surface area (Å²) in [6, 6.07) is 0.0189. The zero-order valence-corrected chi connectivity index (χ0v) is 10.5. The molecule has 1 fully saturated rings. The van der Waals surface area contributed by atoms with Gasteiger partial charge in [-0.3, -0.25) is 4.90 Å². The number of nitrogens with zero attached hydrogens (tertiary/aromatic N) is 2. The molecule has 0 aromatic carbocycles. The van der Waals surface area contributed by atoms with Crippen molar-refractivity contribution in [2.24, 2.45) is 0 Å². The first-order valence-corrected chi connectivity index (χ1v) is 5.90. The van der Waals surface area contributed by atoms with Crippen LogP contribution in [-0.2, 0) is 0 Å². The van der Waals surface area contributed by atoms with Crippen LogP contribution in [0.1, 0.15) is 20.8 Å². The number of hydrogen-bond donors (Lipinski definition) is 2. The number of nitrogens with one attached hydrogen (secondary N) is 1. The summed E-state index contributed by atoms with van der Waals surface area (Å²) in [6.45, 7) is 10.0. The number of carbonyl (C=O) groups is 1. The Hall–Kier alpha value is -0.810. The highest BCUT2D eigenvalue weighted by Gasteiger charge is 2.24. The van der Waals surface area contributed by atoms with E-state index in [0.717, 1.165) is 26.2 Å². The Morgan fingerprint density at radius 1 is 1.31 bits per heavy atom. The van der Waals surface area contributed by atoms with Gasteiger partial charge in [0.2, 0.25) is 0 Å². The molecule has 1 heterocycles. The average Bonchev–Trinajstić information content (AvgIpc) is 2.16. The van der Waals surface area contributed by atoms with Crippen LogP contribution in [-0.4, -0.2) is 65.8 Å². The lowest BCUT2D eigenvalue weighted by molar-refractivity contribution is 0.0225. The van der Waals surface area contributed by atoms with Gasteiger partial charge in [-0.05, 0) is 20.8 Å². The van der Waals surface area contributed by atoms with Crippen LogP contribution >= 0.6 is 0 Å². The van der Waals surface area contributed by atoms with E-state index in [4.69, 9.17) is 0 Å². The van der Waals surface area contributed by atoms with Gasteiger partial charge in [0.15, 0.2) is 0 Å². The first-order valence-electron chi connectivity index (χ1n) is 5.90. The summed E-state index contributed by atoms with van der Waals surface area (Å²) in [7, 11) is 0. The number of β-amino-alcohol motifs (C(OH)–C–C–N with tert-alkyl or cyclic N) is 1. The average molecular weight is 229 g/mol.